The maximum Gasteiger partial charge on any atom is 0.416 e. The van der Waals surface area contributed by atoms with Crippen molar-refractivity contribution in [3.63, 3.8) is 0 Å². The summed E-state index contributed by atoms with van der Waals surface area (Å²) in [7, 11) is 0. The minimum atomic E-state index is -4.90. The molecular formula is C17H10F6N2. The number of rotatable bonds is 2. The van der Waals surface area contributed by atoms with Gasteiger partial charge < -0.3 is 4.98 Å². The molecule has 0 aliphatic carbocycles. The summed E-state index contributed by atoms with van der Waals surface area (Å²) >= 11 is 0. The van der Waals surface area contributed by atoms with Gasteiger partial charge in [-0.05, 0) is 24.3 Å². The van der Waals surface area contributed by atoms with Gasteiger partial charge in [-0.1, -0.05) is 18.2 Å². The molecule has 0 radical (unpaired) electrons. The van der Waals surface area contributed by atoms with E-state index in [1.54, 1.807) is 24.4 Å². The molecule has 0 spiro atoms. The molecule has 130 valence electrons. The van der Waals surface area contributed by atoms with E-state index in [0.29, 0.717) is 23.2 Å². The summed E-state index contributed by atoms with van der Waals surface area (Å²) in [6.07, 6.45) is -6.89. The number of hydrogen-bond donors (Lipinski definition) is 1. The molecule has 0 saturated heterocycles. The first kappa shape index (κ1) is 17.1. The van der Waals surface area contributed by atoms with Crippen LogP contribution in [0.2, 0.25) is 0 Å². The Kier molecular flexibility index (Phi) is 4.06. The number of halogens is 6. The van der Waals surface area contributed by atoms with Crippen LogP contribution in [0.5, 0.6) is 0 Å². The summed E-state index contributed by atoms with van der Waals surface area (Å²) in [6, 6.07) is 8.21. The molecule has 0 bridgehead atoms. The lowest BCUT2D eigenvalue weighted by atomic mass is 10.1. The third-order valence-corrected chi connectivity index (χ3v) is 3.54. The monoisotopic (exact) mass is 356 g/mol. The molecular weight excluding hydrogens is 346 g/mol. The largest absolute Gasteiger partial charge is 0.416 e. The van der Waals surface area contributed by atoms with Gasteiger partial charge in [0, 0.05) is 23.4 Å². The number of benzene rings is 2. The van der Waals surface area contributed by atoms with E-state index < -0.39 is 29.2 Å². The molecule has 1 heterocycles. The summed E-state index contributed by atoms with van der Waals surface area (Å²) in [6.45, 7) is 0. The van der Waals surface area contributed by atoms with E-state index in [2.05, 4.69) is 9.98 Å². The zero-order valence-electron chi connectivity index (χ0n) is 12.4. The number of alkyl halides is 6. The summed E-state index contributed by atoms with van der Waals surface area (Å²) in [5.74, 6) is 0. The van der Waals surface area contributed by atoms with E-state index in [1.807, 2.05) is 6.07 Å². The van der Waals surface area contributed by atoms with E-state index in [0.717, 1.165) is 5.39 Å². The number of hydrogen-bond acceptors (Lipinski definition) is 1. The number of fused-ring (bicyclic) bond motifs is 1. The van der Waals surface area contributed by atoms with Crippen LogP contribution in [0.3, 0.4) is 0 Å². The highest BCUT2D eigenvalue weighted by Crippen LogP contribution is 2.38. The molecule has 0 aliphatic heterocycles. The van der Waals surface area contributed by atoms with Crippen LogP contribution in [0.25, 0.3) is 10.9 Å². The number of para-hydroxylation sites is 1. The van der Waals surface area contributed by atoms with Gasteiger partial charge in [0.2, 0.25) is 0 Å². The van der Waals surface area contributed by atoms with Crippen molar-refractivity contribution in [1.82, 2.24) is 4.98 Å². The van der Waals surface area contributed by atoms with Crippen LogP contribution in [0, 0.1) is 0 Å². The first-order chi connectivity index (χ1) is 11.6. The molecule has 3 rings (SSSR count). The standard InChI is InChI=1S/C17H10F6N2/c18-16(19,20)12-6-13(17(21,22)23)8-14(7-12)25-9-11-3-1-2-10-4-5-24-15(10)11/h1-9,24H. The van der Waals surface area contributed by atoms with Gasteiger partial charge in [0.25, 0.3) is 0 Å². The van der Waals surface area contributed by atoms with Crippen LogP contribution in [0.4, 0.5) is 32.0 Å². The molecule has 0 aliphatic rings. The second kappa shape index (κ2) is 5.94. The number of aromatic amines is 1. The molecule has 1 aromatic heterocycles. The highest BCUT2D eigenvalue weighted by molar-refractivity contribution is 5.98. The first-order valence-electron chi connectivity index (χ1n) is 7.04. The zero-order valence-corrected chi connectivity index (χ0v) is 12.4. The van der Waals surface area contributed by atoms with Crippen LogP contribution in [0.1, 0.15) is 16.7 Å². The quantitative estimate of drug-likeness (QED) is 0.434. The van der Waals surface area contributed by atoms with Crippen LogP contribution in [-0.4, -0.2) is 11.2 Å². The Balaban J connectivity index is 2.06. The van der Waals surface area contributed by atoms with Crippen molar-refractivity contribution in [2.75, 3.05) is 0 Å². The number of nitrogens with one attached hydrogen (secondary N) is 1. The predicted molar refractivity (Wildman–Crippen MR) is 82.0 cm³/mol. The van der Waals surface area contributed by atoms with Crippen molar-refractivity contribution in [3.8, 4) is 0 Å². The van der Waals surface area contributed by atoms with Crippen molar-refractivity contribution < 1.29 is 26.3 Å². The lowest BCUT2D eigenvalue weighted by Gasteiger charge is -2.12. The maximum absolute atomic E-state index is 12.8. The Morgan fingerprint density at radius 3 is 2.08 bits per heavy atom. The van der Waals surface area contributed by atoms with Gasteiger partial charge in [-0.25, -0.2) is 0 Å². The van der Waals surface area contributed by atoms with E-state index in [1.165, 1.54) is 6.21 Å². The highest BCUT2D eigenvalue weighted by atomic mass is 19.4. The number of nitrogens with zero attached hydrogens (tertiary/aromatic N) is 1. The molecule has 0 atom stereocenters. The van der Waals surface area contributed by atoms with Gasteiger partial charge in [0.05, 0.1) is 22.3 Å². The lowest BCUT2D eigenvalue weighted by molar-refractivity contribution is -0.143. The average Bonchev–Trinajstić information content (AvgIpc) is 3.00. The third kappa shape index (κ3) is 3.67. The fourth-order valence-corrected chi connectivity index (χ4v) is 2.37. The molecule has 0 amide bonds. The molecule has 1 N–H and O–H groups in total. The fraction of sp³-hybridized carbons (Fsp3) is 0.118. The SMILES string of the molecule is FC(F)(F)c1cc(N=Cc2cccc3cc[nH]c23)cc(C(F)(F)F)c1. The minimum absolute atomic E-state index is 0.0741. The lowest BCUT2D eigenvalue weighted by Crippen LogP contribution is -2.10. The van der Waals surface area contributed by atoms with Gasteiger partial charge in [-0.15, -0.1) is 0 Å². The number of H-pyrrole nitrogens is 1. The molecule has 0 unspecified atom stereocenters. The normalized spacial score (nSPS) is 13.0. The molecule has 0 fully saturated rings. The van der Waals surface area contributed by atoms with Crippen molar-refractivity contribution in [1.29, 1.82) is 0 Å². The van der Waals surface area contributed by atoms with Crippen molar-refractivity contribution in [3.05, 3.63) is 65.4 Å². The Morgan fingerprint density at radius 1 is 0.840 bits per heavy atom. The maximum atomic E-state index is 12.8. The molecule has 0 saturated carbocycles. The second-order valence-corrected chi connectivity index (χ2v) is 5.31. The molecule has 2 aromatic carbocycles. The minimum Gasteiger partial charge on any atom is -0.361 e. The molecule has 8 heteroatoms. The van der Waals surface area contributed by atoms with Gasteiger partial charge >= 0.3 is 12.4 Å². The van der Waals surface area contributed by atoms with Gasteiger partial charge in [-0.2, -0.15) is 26.3 Å². The van der Waals surface area contributed by atoms with E-state index in [4.69, 9.17) is 0 Å². The molecule has 25 heavy (non-hydrogen) atoms. The van der Waals surface area contributed by atoms with Crippen molar-refractivity contribution >= 4 is 22.8 Å². The number of aliphatic imine (C=N–C) groups is 1. The van der Waals surface area contributed by atoms with Crippen molar-refractivity contribution in [2.45, 2.75) is 12.4 Å². The topological polar surface area (TPSA) is 28.1 Å². The van der Waals surface area contributed by atoms with Crippen LogP contribution in [-0.2, 0) is 12.4 Å². The van der Waals surface area contributed by atoms with Crippen LogP contribution < -0.4 is 0 Å². The van der Waals surface area contributed by atoms with E-state index in [-0.39, 0.29) is 6.07 Å². The summed E-state index contributed by atoms with van der Waals surface area (Å²) in [5.41, 5.74) is -1.98. The molecule has 3 aromatic rings. The summed E-state index contributed by atoms with van der Waals surface area (Å²) < 4.78 is 77.1. The summed E-state index contributed by atoms with van der Waals surface area (Å²) in [5, 5.41) is 0.851. The van der Waals surface area contributed by atoms with E-state index >= 15 is 0 Å². The van der Waals surface area contributed by atoms with Gasteiger partial charge in [0.15, 0.2) is 0 Å². The Morgan fingerprint density at radius 2 is 1.48 bits per heavy atom. The Labute approximate surface area is 137 Å². The predicted octanol–water partition coefficient (Wildman–Crippen LogP) is 5.96. The Bertz CT molecular complexity index is 902. The fourth-order valence-electron chi connectivity index (χ4n) is 2.37. The smallest absolute Gasteiger partial charge is 0.361 e. The van der Waals surface area contributed by atoms with E-state index in [9.17, 15) is 26.3 Å². The van der Waals surface area contributed by atoms with Crippen molar-refractivity contribution in [2.24, 2.45) is 4.99 Å². The van der Waals surface area contributed by atoms with Gasteiger partial charge in [0.1, 0.15) is 0 Å². The third-order valence-electron chi connectivity index (χ3n) is 3.54. The van der Waals surface area contributed by atoms with Gasteiger partial charge in [-0.3, -0.25) is 4.99 Å². The molecule has 2 nitrogen and oxygen atoms in total. The number of aromatic nitrogens is 1. The highest BCUT2D eigenvalue weighted by Gasteiger charge is 2.36. The summed E-state index contributed by atoms with van der Waals surface area (Å²) in [4.78, 5) is 6.75. The Hall–Kier alpha value is -2.77. The van der Waals surface area contributed by atoms with Crippen LogP contribution in [0.15, 0.2) is 53.7 Å². The first-order valence-corrected chi connectivity index (χ1v) is 7.04. The zero-order chi connectivity index (χ0) is 18.2. The average molecular weight is 356 g/mol. The van der Waals surface area contributed by atoms with Crippen LogP contribution >= 0.6 is 0 Å². The second-order valence-electron chi connectivity index (χ2n) is 5.31.